The van der Waals surface area contributed by atoms with Crippen molar-refractivity contribution in [3.63, 3.8) is 0 Å². The van der Waals surface area contributed by atoms with Crippen LogP contribution in [0.25, 0.3) is 0 Å². The average molecular weight is 242 g/mol. The van der Waals surface area contributed by atoms with Gasteiger partial charge in [-0.15, -0.1) is 0 Å². The highest BCUT2D eigenvalue weighted by Gasteiger charge is 2.03. The minimum atomic E-state index is 0.221. The van der Waals surface area contributed by atoms with E-state index in [0.717, 1.165) is 11.1 Å². The highest BCUT2D eigenvalue weighted by Crippen LogP contribution is 2.28. The molecule has 1 rings (SSSR count). The summed E-state index contributed by atoms with van der Waals surface area (Å²) in [6.07, 6.45) is 1.47. The van der Waals surface area contributed by atoms with E-state index in [-0.39, 0.29) is 5.75 Å². The van der Waals surface area contributed by atoms with Crippen LogP contribution in [0.5, 0.6) is 5.75 Å². The number of halogens is 1. The van der Waals surface area contributed by atoms with Gasteiger partial charge < -0.3 is 5.11 Å². The zero-order valence-electron chi connectivity index (χ0n) is 7.04. The van der Waals surface area contributed by atoms with Crippen LogP contribution in [0.3, 0.4) is 0 Å². The first kappa shape index (κ1) is 9.96. The summed E-state index contributed by atoms with van der Waals surface area (Å²) in [4.78, 5) is 13.3. The molecular formula is C9H8BrNO2. The fourth-order valence-corrected chi connectivity index (χ4v) is 1.63. The third-order valence-corrected chi connectivity index (χ3v) is 2.24. The van der Waals surface area contributed by atoms with Crippen LogP contribution in [0.15, 0.2) is 21.6 Å². The first-order valence-corrected chi connectivity index (χ1v) is 4.46. The van der Waals surface area contributed by atoms with Crippen LogP contribution in [0.1, 0.15) is 11.1 Å². The van der Waals surface area contributed by atoms with E-state index < -0.39 is 0 Å². The number of aliphatic imine (C=N–C) groups is 1. The zero-order chi connectivity index (χ0) is 9.84. The molecule has 0 aliphatic heterocycles. The molecule has 0 aromatic heterocycles. The van der Waals surface area contributed by atoms with Crippen molar-refractivity contribution in [2.75, 3.05) is 0 Å². The average Bonchev–Trinajstić information content (AvgIpc) is 2.10. The molecule has 0 radical (unpaired) electrons. The first-order valence-electron chi connectivity index (χ1n) is 3.66. The van der Waals surface area contributed by atoms with Crippen LogP contribution in [-0.2, 0) is 11.3 Å². The Kier molecular flexibility index (Phi) is 3.23. The second kappa shape index (κ2) is 4.21. The molecule has 3 nitrogen and oxygen atoms in total. The van der Waals surface area contributed by atoms with E-state index >= 15 is 0 Å². The third kappa shape index (κ3) is 2.41. The lowest BCUT2D eigenvalue weighted by Crippen LogP contribution is -1.85. The minimum absolute atomic E-state index is 0.221. The van der Waals surface area contributed by atoms with Gasteiger partial charge in [0, 0.05) is 0 Å². The molecular weight excluding hydrogens is 234 g/mol. The standard InChI is InChI=1S/C9H8BrNO2/c1-6-2-7(4-11-5-12)3-8(10)9(6)13/h2-3,13H,4H2,1H3. The predicted octanol–water partition coefficient (Wildman–Crippen LogP) is 2.30. The maximum atomic E-state index is 9.86. The topological polar surface area (TPSA) is 49.7 Å². The van der Waals surface area contributed by atoms with Gasteiger partial charge in [0.15, 0.2) is 0 Å². The van der Waals surface area contributed by atoms with Gasteiger partial charge in [-0.25, -0.2) is 9.79 Å². The second-order valence-electron chi connectivity index (χ2n) is 2.65. The molecule has 0 amide bonds. The van der Waals surface area contributed by atoms with Gasteiger partial charge in [0.05, 0.1) is 11.0 Å². The Balaban J connectivity index is 3.05. The molecule has 0 bridgehead atoms. The Hall–Kier alpha value is -1.12. The largest absolute Gasteiger partial charge is 0.506 e. The van der Waals surface area contributed by atoms with Crippen molar-refractivity contribution in [2.24, 2.45) is 4.99 Å². The van der Waals surface area contributed by atoms with Crippen molar-refractivity contribution in [3.05, 3.63) is 27.7 Å². The number of aryl methyl sites for hydroxylation is 1. The molecule has 1 aromatic carbocycles. The molecule has 0 atom stereocenters. The van der Waals surface area contributed by atoms with Crippen LogP contribution >= 0.6 is 15.9 Å². The first-order chi connectivity index (χ1) is 6.15. The van der Waals surface area contributed by atoms with Gasteiger partial charge in [-0.3, -0.25) is 0 Å². The predicted molar refractivity (Wildman–Crippen MR) is 52.4 cm³/mol. The van der Waals surface area contributed by atoms with Crippen LogP contribution in [0.4, 0.5) is 0 Å². The Morgan fingerprint density at radius 2 is 2.31 bits per heavy atom. The highest BCUT2D eigenvalue weighted by molar-refractivity contribution is 9.10. The summed E-state index contributed by atoms with van der Waals surface area (Å²) in [5, 5.41) is 9.40. The fourth-order valence-electron chi connectivity index (χ4n) is 1.02. The maximum Gasteiger partial charge on any atom is 0.235 e. The second-order valence-corrected chi connectivity index (χ2v) is 3.50. The van der Waals surface area contributed by atoms with E-state index in [4.69, 9.17) is 0 Å². The van der Waals surface area contributed by atoms with Gasteiger partial charge in [-0.1, -0.05) is 6.07 Å². The van der Waals surface area contributed by atoms with E-state index in [1.165, 1.54) is 6.08 Å². The summed E-state index contributed by atoms with van der Waals surface area (Å²) in [6.45, 7) is 2.08. The molecule has 0 spiro atoms. The summed E-state index contributed by atoms with van der Waals surface area (Å²) in [5.41, 5.74) is 1.62. The number of phenolic OH excluding ortho intramolecular Hbond substituents is 1. The molecule has 1 N–H and O–H groups in total. The SMILES string of the molecule is Cc1cc(CN=C=O)cc(Br)c1O. The number of hydrogen-bond donors (Lipinski definition) is 1. The molecule has 0 aliphatic carbocycles. The smallest absolute Gasteiger partial charge is 0.235 e. The monoisotopic (exact) mass is 241 g/mol. The lowest BCUT2D eigenvalue weighted by Gasteiger charge is -2.03. The van der Waals surface area contributed by atoms with Gasteiger partial charge in [0.1, 0.15) is 5.75 Å². The van der Waals surface area contributed by atoms with Crippen molar-refractivity contribution in [2.45, 2.75) is 13.5 Å². The summed E-state index contributed by atoms with van der Waals surface area (Å²) in [7, 11) is 0. The number of aromatic hydroxyl groups is 1. The molecule has 1 aromatic rings. The van der Waals surface area contributed by atoms with Crippen molar-refractivity contribution in [1.29, 1.82) is 0 Å². The van der Waals surface area contributed by atoms with Gasteiger partial charge in [0.25, 0.3) is 0 Å². The number of phenols is 1. The number of hydrogen-bond acceptors (Lipinski definition) is 3. The number of benzene rings is 1. The Bertz CT molecular complexity index is 347. The number of isocyanates is 1. The molecule has 0 saturated heterocycles. The number of rotatable bonds is 2. The van der Waals surface area contributed by atoms with Crippen LogP contribution in [-0.4, -0.2) is 11.2 Å². The van der Waals surface area contributed by atoms with Crippen LogP contribution in [0, 0.1) is 6.92 Å². The summed E-state index contributed by atoms with van der Waals surface area (Å²) < 4.78 is 0.614. The molecule has 0 heterocycles. The normalized spacial score (nSPS) is 9.38. The maximum absolute atomic E-state index is 9.86. The van der Waals surface area contributed by atoms with E-state index in [0.29, 0.717) is 11.0 Å². The van der Waals surface area contributed by atoms with E-state index in [2.05, 4.69) is 20.9 Å². The van der Waals surface area contributed by atoms with Crippen molar-refractivity contribution in [3.8, 4) is 5.75 Å². The molecule has 68 valence electrons. The highest BCUT2D eigenvalue weighted by atomic mass is 79.9. The fraction of sp³-hybridized carbons (Fsp3) is 0.222. The van der Waals surface area contributed by atoms with E-state index in [9.17, 15) is 9.90 Å². The Morgan fingerprint density at radius 3 is 2.85 bits per heavy atom. The van der Waals surface area contributed by atoms with Crippen LogP contribution in [0.2, 0.25) is 0 Å². The number of nitrogens with zero attached hydrogens (tertiary/aromatic N) is 1. The molecule has 0 aliphatic rings. The van der Waals surface area contributed by atoms with E-state index in [1.807, 2.05) is 0 Å². The Labute approximate surface area is 84.2 Å². The van der Waals surface area contributed by atoms with Gasteiger partial charge in [-0.2, -0.15) is 0 Å². The Morgan fingerprint density at radius 1 is 1.62 bits per heavy atom. The quantitative estimate of drug-likeness (QED) is 0.638. The molecule has 4 heteroatoms. The van der Waals surface area contributed by atoms with Crippen molar-refractivity contribution < 1.29 is 9.90 Å². The molecule has 0 fully saturated rings. The van der Waals surface area contributed by atoms with Crippen LogP contribution < -0.4 is 0 Å². The van der Waals surface area contributed by atoms with Crippen molar-refractivity contribution in [1.82, 2.24) is 0 Å². The summed E-state index contributed by atoms with van der Waals surface area (Å²) in [5.74, 6) is 0.221. The van der Waals surface area contributed by atoms with Gasteiger partial charge >= 0.3 is 0 Å². The van der Waals surface area contributed by atoms with Gasteiger partial charge in [0.2, 0.25) is 6.08 Å². The van der Waals surface area contributed by atoms with Gasteiger partial charge in [-0.05, 0) is 40.0 Å². The summed E-state index contributed by atoms with van der Waals surface area (Å²) in [6, 6.07) is 3.50. The summed E-state index contributed by atoms with van der Waals surface area (Å²) >= 11 is 3.20. The molecule has 13 heavy (non-hydrogen) atoms. The minimum Gasteiger partial charge on any atom is -0.506 e. The lowest BCUT2D eigenvalue weighted by molar-refractivity contribution is 0.467. The third-order valence-electron chi connectivity index (χ3n) is 1.64. The lowest BCUT2D eigenvalue weighted by atomic mass is 10.1. The van der Waals surface area contributed by atoms with E-state index in [1.54, 1.807) is 19.1 Å². The molecule has 0 unspecified atom stereocenters. The molecule has 0 saturated carbocycles. The zero-order valence-corrected chi connectivity index (χ0v) is 8.63. The number of carbonyl (C=O) groups excluding carboxylic acids is 1. The van der Waals surface area contributed by atoms with Crippen molar-refractivity contribution >= 4 is 22.0 Å².